The van der Waals surface area contributed by atoms with Crippen molar-refractivity contribution in [2.24, 2.45) is 10.9 Å². The molecule has 3 atom stereocenters. The van der Waals surface area contributed by atoms with Gasteiger partial charge < -0.3 is 16.0 Å². The molecule has 29 heavy (non-hydrogen) atoms. The smallest absolute Gasteiger partial charge is 0.221 e. The lowest BCUT2D eigenvalue weighted by Gasteiger charge is -2.40. The number of likely N-dealkylation sites (tertiary alicyclic amines) is 1. The zero-order chi connectivity index (χ0) is 21.2. The Hall–Kier alpha value is -1.79. The van der Waals surface area contributed by atoms with Crippen molar-refractivity contribution in [1.29, 1.82) is 0 Å². The van der Waals surface area contributed by atoms with E-state index in [2.05, 4.69) is 51.9 Å². The minimum Gasteiger partial charge on any atom is -0.356 e. The Bertz CT molecular complexity index is 681. The number of aliphatic imine (C=N–C) groups is 1. The molecule has 1 fully saturated rings. The highest BCUT2D eigenvalue weighted by molar-refractivity contribution is 6.30. The molecule has 1 aromatic rings. The average molecular weight is 422 g/mol. The molecule has 2 rings (SSSR count). The molecule has 1 heterocycles. The third-order valence-electron chi connectivity index (χ3n) is 5.62. The van der Waals surface area contributed by atoms with Gasteiger partial charge in [0.15, 0.2) is 5.96 Å². The molecule has 3 unspecified atom stereocenters. The van der Waals surface area contributed by atoms with Crippen LogP contribution in [0.1, 0.15) is 51.1 Å². The average Bonchev–Trinajstić information content (AvgIpc) is 2.70. The van der Waals surface area contributed by atoms with Crippen molar-refractivity contribution in [1.82, 2.24) is 20.9 Å². The van der Waals surface area contributed by atoms with E-state index in [1.54, 1.807) is 7.05 Å². The van der Waals surface area contributed by atoms with Crippen LogP contribution in [0.2, 0.25) is 5.02 Å². The zero-order valence-corrected chi connectivity index (χ0v) is 18.9. The van der Waals surface area contributed by atoms with Gasteiger partial charge in [-0.3, -0.25) is 14.7 Å². The van der Waals surface area contributed by atoms with Crippen LogP contribution in [0.25, 0.3) is 0 Å². The van der Waals surface area contributed by atoms with Gasteiger partial charge in [0.05, 0.1) is 0 Å². The SMILES string of the molecule is CCC(C)NC(=O)CCNC(=NC)NCC1CCCN(C)C1c1cccc(Cl)c1. The summed E-state index contributed by atoms with van der Waals surface area (Å²) in [4.78, 5) is 18.6. The van der Waals surface area contributed by atoms with Gasteiger partial charge in [-0.25, -0.2) is 0 Å². The fourth-order valence-electron chi connectivity index (χ4n) is 3.88. The van der Waals surface area contributed by atoms with Crippen LogP contribution < -0.4 is 16.0 Å². The summed E-state index contributed by atoms with van der Waals surface area (Å²) in [6.07, 6.45) is 3.71. The summed E-state index contributed by atoms with van der Waals surface area (Å²) >= 11 is 6.24. The van der Waals surface area contributed by atoms with E-state index in [1.807, 2.05) is 19.1 Å². The quantitative estimate of drug-likeness (QED) is 0.445. The number of hydrogen-bond acceptors (Lipinski definition) is 3. The Balaban J connectivity index is 1.87. The van der Waals surface area contributed by atoms with E-state index in [4.69, 9.17) is 11.6 Å². The highest BCUT2D eigenvalue weighted by Crippen LogP contribution is 2.35. The van der Waals surface area contributed by atoms with Crippen molar-refractivity contribution in [3.8, 4) is 0 Å². The van der Waals surface area contributed by atoms with Gasteiger partial charge in [-0.1, -0.05) is 30.7 Å². The minimum absolute atomic E-state index is 0.0669. The first-order valence-corrected chi connectivity index (χ1v) is 11.0. The summed E-state index contributed by atoms with van der Waals surface area (Å²) in [7, 11) is 3.94. The molecule has 0 bridgehead atoms. The standard InChI is InChI=1S/C22H36ClN5O/c1-5-16(2)27-20(29)11-12-25-22(24-3)26-15-18-9-7-13-28(4)21(18)17-8-6-10-19(23)14-17/h6,8,10,14,16,18,21H,5,7,9,11-13,15H2,1-4H3,(H,27,29)(H2,24,25,26). The van der Waals surface area contributed by atoms with Crippen molar-refractivity contribution >= 4 is 23.5 Å². The molecular formula is C22H36ClN5O. The Kier molecular flexibility index (Phi) is 9.74. The predicted molar refractivity (Wildman–Crippen MR) is 121 cm³/mol. The fraction of sp³-hybridized carbons (Fsp3) is 0.636. The molecule has 0 aliphatic carbocycles. The van der Waals surface area contributed by atoms with Crippen LogP contribution in [-0.4, -0.2) is 56.5 Å². The maximum absolute atomic E-state index is 11.9. The van der Waals surface area contributed by atoms with Gasteiger partial charge in [0, 0.05) is 43.7 Å². The Morgan fingerprint density at radius 1 is 1.38 bits per heavy atom. The molecule has 3 N–H and O–H groups in total. The molecule has 162 valence electrons. The van der Waals surface area contributed by atoms with Crippen LogP contribution in [-0.2, 0) is 4.79 Å². The largest absolute Gasteiger partial charge is 0.356 e. The number of nitrogens with zero attached hydrogens (tertiary/aromatic N) is 2. The van der Waals surface area contributed by atoms with E-state index in [0.717, 1.165) is 36.9 Å². The van der Waals surface area contributed by atoms with Gasteiger partial charge in [-0.05, 0) is 63.4 Å². The van der Waals surface area contributed by atoms with Crippen molar-refractivity contribution in [2.45, 2.75) is 51.6 Å². The number of rotatable bonds is 8. The number of benzene rings is 1. The van der Waals surface area contributed by atoms with Crippen LogP contribution in [0, 0.1) is 5.92 Å². The molecule has 7 heteroatoms. The van der Waals surface area contributed by atoms with E-state index in [9.17, 15) is 4.79 Å². The van der Waals surface area contributed by atoms with Crippen molar-refractivity contribution < 1.29 is 4.79 Å². The first-order valence-electron chi connectivity index (χ1n) is 10.6. The monoisotopic (exact) mass is 421 g/mol. The maximum Gasteiger partial charge on any atom is 0.221 e. The summed E-state index contributed by atoms with van der Waals surface area (Å²) in [5.41, 5.74) is 1.26. The van der Waals surface area contributed by atoms with Gasteiger partial charge in [-0.2, -0.15) is 0 Å². The Labute approximate surface area is 180 Å². The van der Waals surface area contributed by atoms with Crippen LogP contribution in [0.3, 0.4) is 0 Å². The van der Waals surface area contributed by atoms with Crippen LogP contribution >= 0.6 is 11.6 Å². The molecule has 0 spiro atoms. The molecule has 1 amide bonds. The van der Waals surface area contributed by atoms with Crippen LogP contribution in [0.4, 0.5) is 0 Å². The maximum atomic E-state index is 11.9. The zero-order valence-electron chi connectivity index (χ0n) is 18.2. The molecule has 1 aliphatic heterocycles. The second-order valence-electron chi connectivity index (χ2n) is 7.89. The lowest BCUT2D eigenvalue weighted by Crippen LogP contribution is -2.45. The van der Waals surface area contributed by atoms with Crippen LogP contribution in [0.15, 0.2) is 29.3 Å². The molecule has 0 radical (unpaired) electrons. The second kappa shape index (κ2) is 12.0. The number of halogens is 1. The number of nitrogens with one attached hydrogen (secondary N) is 3. The summed E-state index contributed by atoms with van der Waals surface area (Å²) in [5.74, 6) is 1.26. The molecular weight excluding hydrogens is 386 g/mol. The van der Waals surface area contributed by atoms with E-state index < -0.39 is 0 Å². The number of carbonyl (C=O) groups excluding carboxylic acids is 1. The topological polar surface area (TPSA) is 68.8 Å². The van der Waals surface area contributed by atoms with Crippen LogP contribution in [0.5, 0.6) is 0 Å². The van der Waals surface area contributed by atoms with Gasteiger partial charge in [0.1, 0.15) is 0 Å². The summed E-state index contributed by atoms with van der Waals surface area (Å²) in [5, 5.41) is 10.5. The number of carbonyl (C=O) groups is 1. The number of hydrogen-bond donors (Lipinski definition) is 3. The normalized spacial score (nSPS) is 21.5. The van der Waals surface area contributed by atoms with Crippen molar-refractivity contribution in [3.63, 3.8) is 0 Å². The Morgan fingerprint density at radius 2 is 2.17 bits per heavy atom. The highest BCUT2D eigenvalue weighted by atomic mass is 35.5. The van der Waals surface area contributed by atoms with Crippen molar-refractivity contribution in [2.75, 3.05) is 33.7 Å². The van der Waals surface area contributed by atoms with E-state index in [-0.39, 0.29) is 11.9 Å². The molecule has 0 aromatic heterocycles. The lowest BCUT2D eigenvalue weighted by molar-refractivity contribution is -0.121. The van der Waals surface area contributed by atoms with E-state index in [0.29, 0.717) is 24.9 Å². The molecule has 1 aliphatic rings. The molecule has 6 nitrogen and oxygen atoms in total. The first kappa shape index (κ1) is 23.5. The predicted octanol–water partition coefficient (Wildman–Crippen LogP) is 3.19. The fourth-order valence-corrected chi connectivity index (χ4v) is 4.08. The number of piperidine rings is 1. The van der Waals surface area contributed by atoms with E-state index in [1.165, 1.54) is 12.0 Å². The molecule has 1 saturated heterocycles. The Morgan fingerprint density at radius 3 is 2.86 bits per heavy atom. The summed E-state index contributed by atoms with van der Waals surface area (Å²) in [6.45, 7) is 6.55. The lowest BCUT2D eigenvalue weighted by atomic mass is 9.85. The molecule has 1 aromatic carbocycles. The van der Waals surface area contributed by atoms with Gasteiger partial charge in [0.25, 0.3) is 0 Å². The van der Waals surface area contributed by atoms with Crippen molar-refractivity contribution in [3.05, 3.63) is 34.9 Å². The first-order chi connectivity index (χ1) is 13.9. The highest BCUT2D eigenvalue weighted by Gasteiger charge is 2.30. The third kappa shape index (κ3) is 7.52. The molecule has 0 saturated carbocycles. The van der Waals surface area contributed by atoms with Gasteiger partial charge in [-0.15, -0.1) is 0 Å². The van der Waals surface area contributed by atoms with Gasteiger partial charge in [0.2, 0.25) is 5.91 Å². The third-order valence-corrected chi connectivity index (χ3v) is 5.85. The summed E-state index contributed by atoms with van der Waals surface area (Å²) in [6, 6.07) is 8.72. The number of amides is 1. The van der Waals surface area contributed by atoms with Gasteiger partial charge >= 0.3 is 0 Å². The number of guanidine groups is 1. The van der Waals surface area contributed by atoms with E-state index >= 15 is 0 Å². The second-order valence-corrected chi connectivity index (χ2v) is 8.33. The summed E-state index contributed by atoms with van der Waals surface area (Å²) < 4.78 is 0. The minimum atomic E-state index is 0.0669.